The molecule has 1 aliphatic rings. The molecule has 0 saturated heterocycles. The van der Waals surface area contributed by atoms with Crippen LogP contribution >= 0.6 is 0 Å². The van der Waals surface area contributed by atoms with Gasteiger partial charge in [0.2, 0.25) is 5.91 Å². The maximum absolute atomic E-state index is 11.1. The third-order valence-electron chi connectivity index (χ3n) is 2.33. The van der Waals surface area contributed by atoms with Gasteiger partial charge < -0.3 is 10.2 Å². The van der Waals surface area contributed by atoms with Crippen molar-refractivity contribution in [2.45, 2.75) is 20.0 Å². The van der Waals surface area contributed by atoms with Crippen LogP contribution in [0.1, 0.15) is 18.2 Å². The van der Waals surface area contributed by atoms with E-state index in [-0.39, 0.29) is 5.91 Å². The number of fused-ring (bicyclic) bond motifs is 1. The lowest BCUT2D eigenvalue weighted by Gasteiger charge is -2.11. The number of nitrogens with one attached hydrogen (secondary N) is 2. The highest BCUT2D eigenvalue weighted by Gasteiger charge is 2.25. The number of aromatic nitrogens is 2. The number of carbonyl (C=O) groups excluding carboxylic acids is 1. The highest BCUT2D eigenvalue weighted by molar-refractivity contribution is 5.74. The molecule has 1 aliphatic heterocycles. The molecule has 0 bridgehead atoms. The Labute approximate surface area is 76.1 Å². The third-order valence-corrected chi connectivity index (χ3v) is 2.33. The topological polar surface area (TPSA) is 61.0 Å². The minimum absolute atomic E-state index is 0.103. The van der Waals surface area contributed by atoms with Crippen molar-refractivity contribution in [3.05, 3.63) is 11.3 Å². The van der Waals surface area contributed by atoms with Crippen LogP contribution in [0.5, 0.6) is 0 Å². The van der Waals surface area contributed by atoms with E-state index >= 15 is 0 Å². The largest absolute Gasteiger partial charge is 0.371 e. The van der Waals surface area contributed by atoms with Crippen LogP contribution in [0.15, 0.2) is 0 Å². The van der Waals surface area contributed by atoms with Crippen molar-refractivity contribution < 1.29 is 4.79 Å². The van der Waals surface area contributed by atoms with Crippen molar-refractivity contribution in [3.63, 3.8) is 0 Å². The van der Waals surface area contributed by atoms with Crippen molar-refractivity contribution in [1.29, 1.82) is 0 Å². The van der Waals surface area contributed by atoms with Gasteiger partial charge in [-0.25, -0.2) is 0 Å². The Morgan fingerprint density at radius 3 is 3.00 bits per heavy atom. The number of hydrogen-bond acceptors (Lipinski definition) is 3. The number of hydrogen-bond donors (Lipinski definition) is 2. The summed E-state index contributed by atoms with van der Waals surface area (Å²) in [5, 5.41) is 9.98. The average molecular weight is 180 g/mol. The molecule has 1 amide bonds. The third kappa shape index (κ3) is 1.16. The number of H-pyrrole nitrogens is 1. The maximum atomic E-state index is 11.1. The molecule has 0 radical (unpaired) electrons. The quantitative estimate of drug-likeness (QED) is 0.654. The number of nitrogens with zero attached hydrogens (tertiary/aromatic N) is 2. The molecule has 13 heavy (non-hydrogen) atoms. The van der Waals surface area contributed by atoms with Crippen LogP contribution in [0.3, 0.4) is 0 Å². The summed E-state index contributed by atoms with van der Waals surface area (Å²) in [5.41, 5.74) is 2.15. The number of aromatic amines is 1. The summed E-state index contributed by atoms with van der Waals surface area (Å²) in [6, 6.07) is 0. The first kappa shape index (κ1) is 8.10. The second kappa shape index (κ2) is 2.76. The molecular weight excluding hydrogens is 168 g/mol. The van der Waals surface area contributed by atoms with Gasteiger partial charge in [0.1, 0.15) is 0 Å². The Balaban J connectivity index is 2.26. The molecule has 0 unspecified atom stereocenters. The summed E-state index contributed by atoms with van der Waals surface area (Å²) in [4.78, 5) is 12.9. The first-order valence-corrected chi connectivity index (χ1v) is 4.21. The van der Waals surface area contributed by atoms with Crippen molar-refractivity contribution in [2.75, 3.05) is 12.4 Å². The number of carbonyl (C=O) groups is 1. The molecule has 0 saturated carbocycles. The second-order valence-electron chi connectivity index (χ2n) is 3.15. The first-order valence-electron chi connectivity index (χ1n) is 4.21. The Morgan fingerprint density at radius 1 is 1.62 bits per heavy atom. The molecule has 1 aromatic heterocycles. The fourth-order valence-corrected chi connectivity index (χ4v) is 1.57. The van der Waals surface area contributed by atoms with E-state index in [0.717, 1.165) is 17.1 Å². The molecule has 5 nitrogen and oxygen atoms in total. The molecule has 2 heterocycles. The Morgan fingerprint density at radius 2 is 2.38 bits per heavy atom. The maximum Gasteiger partial charge on any atom is 0.220 e. The molecular formula is C8H12N4O. The zero-order valence-electron chi connectivity index (χ0n) is 7.72. The zero-order valence-corrected chi connectivity index (χ0v) is 7.72. The van der Waals surface area contributed by atoms with Gasteiger partial charge in [0, 0.05) is 19.5 Å². The number of anilines is 1. The molecule has 0 fully saturated rings. The lowest BCUT2D eigenvalue weighted by atomic mass is 10.3. The standard InChI is InChI=1S/C8H12N4O/c1-5(13)12-3-6-7(4-12)10-11-8(6)9-2/h3-4H2,1-2H3,(H2,9,10,11). The number of rotatable bonds is 1. The van der Waals surface area contributed by atoms with Gasteiger partial charge in [0.15, 0.2) is 5.82 Å². The smallest absolute Gasteiger partial charge is 0.220 e. The predicted molar refractivity (Wildman–Crippen MR) is 48.1 cm³/mol. The Bertz CT molecular complexity index is 344. The van der Waals surface area contributed by atoms with Crippen LogP contribution in [0.2, 0.25) is 0 Å². The fourth-order valence-electron chi connectivity index (χ4n) is 1.57. The van der Waals surface area contributed by atoms with E-state index in [0.29, 0.717) is 13.1 Å². The van der Waals surface area contributed by atoms with Gasteiger partial charge in [0.25, 0.3) is 0 Å². The molecule has 0 atom stereocenters. The summed E-state index contributed by atoms with van der Waals surface area (Å²) in [7, 11) is 1.83. The van der Waals surface area contributed by atoms with Crippen LogP contribution in [0.4, 0.5) is 5.82 Å². The highest BCUT2D eigenvalue weighted by Crippen LogP contribution is 2.26. The Hall–Kier alpha value is -1.52. The van der Waals surface area contributed by atoms with E-state index < -0.39 is 0 Å². The average Bonchev–Trinajstić information content (AvgIpc) is 2.60. The van der Waals surface area contributed by atoms with Crippen molar-refractivity contribution >= 4 is 11.7 Å². The van der Waals surface area contributed by atoms with Crippen LogP contribution < -0.4 is 5.32 Å². The van der Waals surface area contributed by atoms with Gasteiger partial charge in [0.05, 0.1) is 18.8 Å². The molecule has 5 heteroatoms. The van der Waals surface area contributed by atoms with E-state index in [1.807, 2.05) is 7.05 Å². The van der Waals surface area contributed by atoms with E-state index in [1.54, 1.807) is 11.8 Å². The van der Waals surface area contributed by atoms with Gasteiger partial charge in [-0.2, -0.15) is 5.10 Å². The van der Waals surface area contributed by atoms with Crippen LogP contribution in [-0.2, 0) is 17.9 Å². The lowest BCUT2D eigenvalue weighted by Crippen LogP contribution is -2.22. The zero-order chi connectivity index (χ0) is 9.42. The first-order chi connectivity index (χ1) is 6.22. The molecule has 1 aromatic rings. The summed E-state index contributed by atoms with van der Waals surface area (Å²) in [6.45, 7) is 2.90. The molecule has 0 spiro atoms. The lowest BCUT2D eigenvalue weighted by molar-refractivity contribution is -0.129. The summed E-state index contributed by atoms with van der Waals surface area (Å²) < 4.78 is 0. The van der Waals surface area contributed by atoms with Gasteiger partial charge in [-0.1, -0.05) is 0 Å². The molecule has 2 rings (SSSR count). The second-order valence-corrected chi connectivity index (χ2v) is 3.15. The van der Waals surface area contributed by atoms with Gasteiger partial charge in [-0.05, 0) is 0 Å². The van der Waals surface area contributed by atoms with E-state index in [1.165, 1.54) is 0 Å². The SMILES string of the molecule is CNc1n[nH]c2c1CN(C(C)=O)C2. The van der Waals surface area contributed by atoms with Crippen molar-refractivity contribution in [3.8, 4) is 0 Å². The minimum Gasteiger partial charge on any atom is -0.371 e. The van der Waals surface area contributed by atoms with Crippen molar-refractivity contribution in [2.24, 2.45) is 0 Å². The monoisotopic (exact) mass is 180 g/mol. The molecule has 2 N–H and O–H groups in total. The van der Waals surface area contributed by atoms with Crippen LogP contribution in [-0.4, -0.2) is 28.1 Å². The van der Waals surface area contributed by atoms with Crippen LogP contribution in [0.25, 0.3) is 0 Å². The van der Waals surface area contributed by atoms with Crippen LogP contribution in [0, 0.1) is 0 Å². The van der Waals surface area contributed by atoms with E-state index in [2.05, 4.69) is 15.5 Å². The molecule has 0 aromatic carbocycles. The van der Waals surface area contributed by atoms with E-state index in [9.17, 15) is 4.79 Å². The predicted octanol–water partition coefficient (Wildman–Crippen LogP) is 0.313. The van der Waals surface area contributed by atoms with E-state index in [4.69, 9.17) is 0 Å². The number of amides is 1. The summed E-state index contributed by atoms with van der Waals surface area (Å²) in [5.74, 6) is 0.949. The minimum atomic E-state index is 0.103. The van der Waals surface area contributed by atoms with Gasteiger partial charge in [-0.3, -0.25) is 9.89 Å². The normalized spacial score (nSPS) is 14.5. The highest BCUT2D eigenvalue weighted by atomic mass is 16.2. The van der Waals surface area contributed by atoms with Crippen molar-refractivity contribution in [1.82, 2.24) is 15.1 Å². The van der Waals surface area contributed by atoms with Gasteiger partial charge in [-0.15, -0.1) is 0 Å². The fraction of sp³-hybridized carbons (Fsp3) is 0.500. The summed E-state index contributed by atoms with van der Waals surface area (Å²) in [6.07, 6.45) is 0. The summed E-state index contributed by atoms with van der Waals surface area (Å²) >= 11 is 0. The molecule has 70 valence electrons. The molecule has 0 aliphatic carbocycles. The Kier molecular flexibility index (Phi) is 1.72. The van der Waals surface area contributed by atoms with Gasteiger partial charge >= 0.3 is 0 Å².